The molecule has 0 aliphatic rings. The summed E-state index contributed by atoms with van der Waals surface area (Å²) >= 11 is 0. The molecule has 126 valence electrons. The van der Waals surface area contributed by atoms with Gasteiger partial charge in [0.15, 0.2) is 0 Å². The monoisotopic (exact) mass is 339 g/mol. The summed E-state index contributed by atoms with van der Waals surface area (Å²) < 4.78 is 2.11. The lowest BCUT2D eigenvalue weighted by Gasteiger charge is -2.13. The Kier molecular flexibility index (Phi) is 2.94. The zero-order valence-electron chi connectivity index (χ0n) is 14.3. The minimum atomic E-state index is 0.189. The summed E-state index contributed by atoms with van der Waals surface area (Å²) in [5.74, 6) is 0.599. The molecule has 5 rings (SSSR count). The van der Waals surface area contributed by atoms with Crippen molar-refractivity contribution in [2.24, 2.45) is 7.05 Å². The molecule has 0 spiro atoms. The first-order valence-electron chi connectivity index (χ1n) is 8.42. The summed E-state index contributed by atoms with van der Waals surface area (Å²) in [4.78, 5) is 8.59. The van der Waals surface area contributed by atoms with Gasteiger partial charge in [0.25, 0.3) is 0 Å². The maximum Gasteiger partial charge on any atom is 0.222 e. The lowest BCUT2D eigenvalue weighted by atomic mass is 9.95. The van der Waals surface area contributed by atoms with E-state index in [2.05, 4.69) is 69.1 Å². The number of hydrogen-bond donors (Lipinski definition) is 2. The molecule has 2 aromatic heterocycles. The summed E-state index contributed by atoms with van der Waals surface area (Å²) in [5.41, 5.74) is 16.1. The van der Waals surface area contributed by atoms with Crippen LogP contribution in [0, 0.1) is 0 Å². The maximum absolute atomic E-state index is 6.17. The van der Waals surface area contributed by atoms with Crippen LogP contribution in [0.5, 0.6) is 0 Å². The highest BCUT2D eigenvalue weighted by Crippen LogP contribution is 2.39. The predicted octanol–water partition coefficient (Wildman–Crippen LogP) is 4.11. The third kappa shape index (κ3) is 1.97. The van der Waals surface area contributed by atoms with Crippen molar-refractivity contribution in [2.45, 2.75) is 0 Å². The van der Waals surface area contributed by atoms with Gasteiger partial charge in [-0.1, -0.05) is 42.5 Å². The van der Waals surface area contributed by atoms with Crippen LogP contribution < -0.4 is 11.5 Å². The van der Waals surface area contributed by atoms with Gasteiger partial charge < -0.3 is 16.0 Å². The van der Waals surface area contributed by atoms with Crippen LogP contribution in [0.4, 0.5) is 11.8 Å². The Morgan fingerprint density at radius 1 is 0.846 bits per heavy atom. The molecule has 0 amide bonds. The number of rotatable bonds is 1. The Balaban J connectivity index is 2.00. The molecule has 0 saturated heterocycles. The molecule has 0 bridgehead atoms. The zero-order valence-corrected chi connectivity index (χ0v) is 14.3. The topological polar surface area (TPSA) is 82.8 Å². The number of fused-ring (bicyclic) bond motifs is 4. The molecular weight excluding hydrogens is 322 g/mol. The van der Waals surface area contributed by atoms with Gasteiger partial charge in [-0.05, 0) is 28.5 Å². The van der Waals surface area contributed by atoms with Crippen molar-refractivity contribution in [1.82, 2.24) is 14.5 Å². The average molecular weight is 339 g/mol. The number of aromatic nitrogens is 3. The maximum atomic E-state index is 6.17. The van der Waals surface area contributed by atoms with E-state index in [1.54, 1.807) is 0 Å². The van der Waals surface area contributed by atoms with Crippen LogP contribution in [-0.4, -0.2) is 14.5 Å². The predicted molar refractivity (Wildman–Crippen MR) is 108 cm³/mol. The Morgan fingerprint density at radius 3 is 2.54 bits per heavy atom. The Hall–Kier alpha value is -3.60. The summed E-state index contributed by atoms with van der Waals surface area (Å²) in [5, 5.41) is 4.28. The van der Waals surface area contributed by atoms with E-state index in [4.69, 9.17) is 11.5 Å². The van der Waals surface area contributed by atoms with Gasteiger partial charge in [0, 0.05) is 24.2 Å². The second-order valence-corrected chi connectivity index (χ2v) is 6.50. The highest BCUT2D eigenvalue weighted by Gasteiger charge is 2.16. The van der Waals surface area contributed by atoms with Crippen molar-refractivity contribution in [3.05, 3.63) is 60.8 Å². The highest BCUT2D eigenvalue weighted by molar-refractivity contribution is 6.17. The van der Waals surface area contributed by atoms with E-state index < -0.39 is 0 Å². The molecule has 3 aromatic carbocycles. The second kappa shape index (κ2) is 5.20. The Labute approximate surface area is 149 Å². The molecule has 0 atom stereocenters. The molecule has 5 heteroatoms. The van der Waals surface area contributed by atoms with E-state index in [1.165, 1.54) is 10.8 Å². The number of nitrogens with zero attached hydrogens (tertiary/aromatic N) is 3. The molecule has 0 radical (unpaired) electrons. The summed E-state index contributed by atoms with van der Waals surface area (Å²) in [6.07, 6.45) is 2.04. The molecular formula is C21H17N5. The lowest BCUT2D eigenvalue weighted by molar-refractivity contribution is 0.970. The van der Waals surface area contributed by atoms with Crippen molar-refractivity contribution >= 4 is 44.3 Å². The fraction of sp³-hybridized carbons (Fsp3) is 0.0476. The van der Waals surface area contributed by atoms with E-state index in [9.17, 15) is 0 Å². The average Bonchev–Trinajstić information content (AvgIpc) is 3.02. The molecule has 26 heavy (non-hydrogen) atoms. The number of aryl methyl sites for hydroxylation is 1. The van der Waals surface area contributed by atoms with Crippen LogP contribution in [-0.2, 0) is 7.05 Å². The van der Waals surface area contributed by atoms with Gasteiger partial charge in [0.05, 0.1) is 16.4 Å². The van der Waals surface area contributed by atoms with Crippen molar-refractivity contribution in [1.29, 1.82) is 0 Å². The summed E-state index contributed by atoms with van der Waals surface area (Å²) in [7, 11) is 2.04. The van der Waals surface area contributed by atoms with E-state index in [-0.39, 0.29) is 5.95 Å². The molecule has 0 fully saturated rings. The third-order valence-corrected chi connectivity index (χ3v) is 4.94. The van der Waals surface area contributed by atoms with Crippen LogP contribution in [0.2, 0.25) is 0 Å². The van der Waals surface area contributed by atoms with E-state index >= 15 is 0 Å². The minimum absolute atomic E-state index is 0.189. The SMILES string of the molecule is Cn1ccc2c3c(N)nc(N)nc3cc(-c3cccc4ccccc34)c21. The van der Waals surface area contributed by atoms with Crippen LogP contribution in [0.1, 0.15) is 0 Å². The normalized spacial score (nSPS) is 11.6. The van der Waals surface area contributed by atoms with Crippen molar-refractivity contribution in [3.63, 3.8) is 0 Å². The molecule has 0 aliphatic heterocycles. The minimum Gasteiger partial charge on any atom is -0.383 e. The fourth-order valence-corrected chi connectivity index (χ4v) is 3.83. The molecule has 0 unspecified atom stereocenters. The third-order valence-electron chi connectivity index (χ3n) is 4.94. The standard InChI is InChI=1S/C21H17N5/c1-26-10-9-15-18-17(24-21(23)25-20(18)22)11-16(19(15)26)14-8-4-6-12-5-2-3-7-13(12)14/h2-11H,1H3,(H4,22,23,24,25). The molecule has 0 aliphatic carbocycles. The quantitative estimate of drug-likeness (QED) is 0.481. The highest BCUT2D eigenvalue weighted by atomic mass is 15.0. The fourth-order valence-electron chi connectivity index (χ4n) is 3.83. The van der Waals surface area contributed by atoms with Gasteiger partial charge in [-0.15, -0.1) is 0 Å². The van der Waals surface area contributed by atoms with E-state index in [1.807, 2.05) is 13.2 Å². The van der Waals surface area contributed by atoms with Crippen molar-refractivity contribution in [2.75, 3.05) is 11.5 Å². The van der Waals surface area contributed by atoms with Gasteiger partial charge >= 0.3 is 0 Å². The first-order valence-corrected chi connectivity index (χ1v) is 8.42. The molecule has 5 nitrogen and oxygen atoms in total. The molecule has 5 aromatic rings. The first kappa shape index (κ1) is 14.7. The number of nitrogens with two attached hydrogens (primary N) is 2. The van der Waals surface area contributed by atoms with Gasteiger partial charge in [0.2, 0.25) is 5.95 Å². The van der Waals surface area contributed by atoms with Crippen molar-refractivity contribution in [3.8, 4) is 11.1 Å². The smallest absolute Gasteiger partial charge is 0.222 e. The zero-order chi connectivity index (χ0) is 17.8. The van der Waals surface area contributed by atoms with Gasteiger partial charge in [-0.2, -0.15) is 4.98 Å². The van der Waals surface area contributed by atoms with Crippen LogP contribution in [0.3, 0.4) is 0 Å². The van der Waals surface area contributed by atoms with E-state index in [0.717, 1.165) is 32.9 Å². The van der Waals surface area contributed by atoms with Crippen molar-refractivity contribution < 1.29 is 0 Å². The number of nitrogen functional groups attached to an aromatic ring is 2. The molecule has 2 heterocycles. The lowest BCUT2D eigenvalue weighted by Crippen LogP contribution is -2.01. The van der Waals surface area contributed by atoms with Crippen LogP contribution in [0.25, 0.3) is 43.7 Å². The number of anilines is 2. The van der Waals surface area contributed by atoms with Crippen LogP contribution >= 0.6 is 0 Å². The Bertz CT molecular complexity index is 1310. The van der Waals surface area contributed by atoms with Gasteiger partial charge in [-0.25, -0.2) is 4.98 Å². The summed E-state index contributed by atoms with van der Waals surface area (Å²) in [6, 6.07) is 18.9. The second-order valence-electron chi connectivity index (χ2n) is 6.50. The molecule has 4 N–H and O–H groups in total. The van der Waals surface area contributed by atoms with Crippen LogP contribution in [0.15, 0.2) is 60.8 Å². The van der Waals surface area contributed by atoms with Gasteiger partial charge in [0.1, 0.15) is 5.82 Å². The summed E-state index contributed by atoms with van der Waals surface area (Å²) in [6.45, 7) is 0. The van der Waals surface area contributed by atoms with E-state index in [0.29, 0.717) is 5.82 Å². The Morgan fingerprint density at radius 2 is 1.65 bits per heavy atom. The first-order chi connectivity index (χ1) is 12.6. The number of hydrogen-bond acceptors (Lipinski definition) is 4. The largest absolute Gasteiger partial charge is 0.383 e. The van der Waals surface area contributed by atoms with Gasteiger partial charge in [-0.3, -0.25) is 0 Å². The number of benzene rings is 3. The molecule has 0 saturated carbocycles.